The van der Waals surface area contributed by atoms with Crippen molar-refractivity contribution in [3.8, 4) is 16.9 Å². The molecule has 1 unspecified atom stereocenters. The van der Waals surface area contributed by atoms with Crippen LogP contribution in [0.3, 0.4) is 0 Å². The van der Waals surface area contributed by atoms with Gasteiger partial charge in [-0.2, -0.15) is 13.2 Å². The maximum atomic E-state index is 13.5. The number of hydrogen-bond acceptors (Lipinski definition) is 4. The maximum Gasteiger partial charge on any atom is 0.426 e. The first kappa shape index (κ1) is 21.4. The molecule has 8 heteroatoms. The second-order valence-corrected chi connectivity index (χ2v) is 8.47. The lowest BCUT2D eigenvalue weighted by atomic mass is 10.1. The molecule has 0 saturated heterocycles. The van der Waals surface area contributed by atoms with E-state index in [1.165, 1.54) is 0 Å². The van der Waals surface area contributed by atoms with Gasteiger partial charge in [0.15, 0.2) is 0 Å². The zero-order valence-corrected chi connectivity index (χ0v) is 17.2. The monoisotopic (exact) mass is 447 g/mol. The lowest BCUT2D eigenvalue weighted by molar-refractivity contribution is -0.136. The highest BCUT2D eigenvalue weighted by Crippen LogP contribution is 2.43. The summed E-state index contributed by atoms with van der Waals surface area (Å²) < 4.78 is 46.4. The fourth-order valence-corrected chi connectivity index (χ4v) is 4.78. The summed E-state index contributed by atoms with van der Waals surface area (Å²) in [4.78, 5) is 10.6. The molecule has 1 atom stereocenters. The minimum atomic E-state index is -4.43. The third-order valence-corrected chi connectivity index (χ3v) is 6.35. The molecule has 162 valence electrons. The Labute approximate surface area is 181 Å². The van der Waals surface area contributed by atoms with Crippen LogP contribution in [0.2, 0.25) is 0 Å². The Kier molecular flexibility index (Phi) is 6.02. The zero-order valence-electron chi connectivity index (χ0n) is 16.4. The molecule has 4 nitrogen and oxygen atoms in total. The minimum absolute atomic E-state index is 0.0137. The SMILES string of the molecule is O=C(O)CNC1CCc2cc(OCc3cc(-c4ccccc4)c(C(F)(F)F)s3)ccc21. The van der Waals surface area contributed by atoms with Gasteiger partial charge in [-0.15, -0.1) is 11.3 Å². The normalized spacial score (nSPS) is 15.6. The van der Waals surface area contributed by atoms with Gasteiger partial charge in [-0.05, 0) is 47.7 Å². The number of fused-ring (bicyclic) bond motifs is 1. The molecule has 2 N–H and O–H groups in total. The van der Waals surface area contributed by atoms with Gasteiger partial charge in [0, 0.05) is 16.5 Å². The molecule has 31 heavy (non-hydrogen) atoms. The molecule has 1 aliphatic carbocycles. The second kappa shape index (κ2) is 8.72. The Morgan fingerprint density at radius 3 is 2.65 bits per heavy atom. The average Bonchev–Trinajstić information content (AvgIpc) is 3.35. The summed E-state index contributed by atoms with van der Waals surface area (Å²) in [5.41, 5.74) is 2.79. The van der Waals surface area contributed by atoms with Gasteiger partial charge < -0.3 is 15.2 Å². The number of carboxylic acid groups (broad SMARTS) is 1. The van der Waals surface area contributed by atoms with E-state index in [1.54, 1.807) is 42.5 Å². The predicted molar refractivity (Wildman–Crippen MR) is 112 cm³/mol. The van der Waals surface area contributed by atoms with E-state index in [0.29, 0.717) is 27.5 Å². The van der Waals surface area contributed by atoms with Crippen molar-refractivity contribution in [2.75, 3.05) is 6.54 Å². The Balaban J connectivity index is 1.49. The molecule has 0 radical (unpaired) electrons. The molecule has 0 saturated carbocycles. The van der Waals surface area contributed by atoms with Crippen LogP contribution >= 0.6 is 11.3 Å². The van der Waals surface area contributed by atoms with Crippen LogP contribution in [0, 0.1) is 0 Å². The van der Waals surface area contributed by atoms with Crippen LogP contribution in [0.5, 0.6) is 5.75 Å². The van der Waals surface area contributed by atoms with E-state index in [0.717, 1.165) is 24.0 Å². The lowest BCUT2D eigenvalue weighted by Gasteiger charge is -2.13. The van der Waals surface area contributed by atoms with Crippen molar-refractivity contribution in [2.45, 2.75) is 31.7 Å². The van der Waals surface area contributed by atoms with E-state index in [-0.39, 0.29) is 24.8 Å². The zero-order chi connectivity index (χ0) is 22.0. The molecule has 0 fully saturated rings. The van der Waals surface area contributed by atoms with Gasteiger partial charge in [0.25, 0.3) is 0 Å². The van der Waals surface area contributed by atoms with Gasteiger partial charge in [-0.1, -0.05) is 36.4 Å². The number of carbonyl (C=O) groups is 1. The Morgan fingerprint density at radius 2 is 1.94 bits per heavy atom. The summed E-state index contributed by atoms with van der Waals surface area (Å²) in [5, 5.41) is 11.8. The third-order valence-electron chi connectivity index (χ3n) is 5.20. The van der Waals surface area contributed by atoms with E-state index in [4.69, 9.17) is 9.84 Å². The fourth-order valence-electron chi connectivity index (χ4n) is 3.82. The van der Waals surface area contributed by atoms with Gasteiger partial charge in [0.1, 0.15) is 17.2 Å². The van der Waals surface area contributed by atoms with E-state index in [2.05, 4.69) is 5.32 Å². The van der Waals surface area contributed by atoms with Crippen LogP contribution in [0.4, 0.5) is 13.2 Å². The molecule has 4 rings (SSSR count). The first-order valence-corrected chi connectivity index (χ1v) is 10.6. The van der Waals surface area contributed by atoms with Crippen LogP contribution in [0.25, 0.3) is 11.1 Å². The average molecular weight is 447 g/mol. The number of carboxylic acids is 1. The number of thiophene rings is 1. The largest absolute Gasteiger partial charge is 0.488 e. The van der Waals surface area contributed by atoms with Gasteiger partial charge in [0.2, 0.25) is 0 Å². The summed E-state index contributed by atoms with van der Waals surface area (Å²) in [6.45, 7) is -0.0634. The molecule has 3 aromatic rings. The highest BCUT2D eigenvalue weighted by molar-refractivity contribution is 7.12. The van der Waals surface area contributed by atoms with Crippen LogP contribution in [0.15, 0.2) is 54.6 Å². The Morgan fingerprint density at radius 1 is 1.16 bits per heavy atom. The van der Waals surface area contributed by atoms with Crippen molar-refractivity contribution in [1.82, 2.24) is 5.32 Å². The maximum absolute atomic E-state index is 13.5. The molecular formula is C23H20F3NO3S. The van der Waals surface area contributed by atoms with E-state index >= 15 is 0 Å². The summed E-state index contributed by atoms with van der Waals surface area (Å²) in [5.74, 6) is -0.321. The minimum Gasteiger partial charge on any atom is -0.488 e. The van der Waals surface area contributed by atoms with Crippen LogP contribution < -0.4 is 10.1 Å². The number of halogens is 3. The predicted octanol–water partition coefficient (Wildman–Crippen LogP) is 5.67. The van der Waals surface area contributed by atoms with E-state index in [9.17, 15) is 18.0 Å². The number of ether oxygens (including phenoxy) is 1. The number of aryl methyl sites for hydroxylation is 1. The fraction of sp³-hybridized carbons (Fsp3) is 0.261. The van der Waals surface area contributed by atoms with Gasteiger partial charge >= 0.3 is 12.1 Å². The smallest absolute Gasteiger partial charge is 0.426 e. The highest BCUT2D eigenvalue weighted by atomic mass is 32.1. The summed E-state index contributed by atoms with van der Waals surface area (Å²) in [7, 11) is 0. The molecule has 0 bridgehead atoms. The molecule has 1 heterocycles. The molecule has 0 spiro atoms. The number of alkyl halides is 3. The van der Waals surface area contributed by atoms with Gasteiger partial charge in [-0.3, -0.25) is 4.79 Å². The van der Waals surface area contributed by atoms with Crippen molar-refractivity contribution in [3.05, 3.63) is 75.5 Å². The Bertz CT molecular complexity index is 1080. The first-order chi connectivity index (χ1) is 14.8. The summed E-state index contributed by atoms with van der Waals surface area (Å²) in [6.07, 6.45) is -2.84. The number of hydrogen-bond donors (Lipinski definition) is 2. The van der Waals surface area contributed by atoms with Gasteiger partial charge in [-0.25, -0.2) is 0 Å². The first-order valence-electron chi connectivity index (χ1n) is 9.77. The van der Waals surface area contributed by atoms with Crippen molar-refractivity contribution < 1.29 is 27.8 Å². The second-order valence-electron chi connectivity index (χ2n) is 7.33. The highest BCUT2D eigenvalue weighted by Gasteiger charge is 2.36. The van der Waals surface area contributed by atoms with E-state index in [1.807, 2.05) is 12.1 Å². The number of benzene rings is 2. The third kappa shape index (κ3) is 4.91. The number of nitrogens with one attached hydrogen (secondary N) is 1. The van der Waals surface area contributed by atoms with Crippen molar-refractivity contribution in [2.24, 2.45) is 0 Å². The van der Waals surface area contributed by atoms with Crippen LogP contribution in [-0.2, 0) is 24.0 Å². The van der Waals surface area contributed by atoms with Crippen molar-refractivity contribution in [3.63, 3.8) is 0 Å². The molecule has 0 amide bonds. The standard InChI is InChI=1S/C23H20F3NO3S/c24-23(25,26)22-19(14-4-2-1-3-5-14)11-17(31-22)13-30-16-7-8-18-15(10-16)6-9-20(18)27-12-21(28)29/h1-5,7-8,10-11,20,27H,6,9,12-13H2,(H,28,29). The van der Waals surface area contributed by atoms with Crippen molar-refractivity contribution >= 4 is 17.3 Å². The van der Waals surface area contributed by atoms with Gasteiger partial charge in [0.05, 0.1) is 6.54 Å². The van der Waals surface area contributed by atoms with E-state index < -0.39 is 17.0 Å². The molecular weight excluding hydrogens is 427 g/mol. The van der Waals surface area contributed by atoms with Crippen molar-refractivity contribution in [1.29, 1.82) is 0 Å². The molecule has 1 aliphatic rings. The van der Waals surface area contributed by atoms with Crippen LogP contribution in [-0.4, -0.2) is 17.6 Å². The quantitative estimate of drug-likeness (QED) is 0.490. The lowest BCUT2D eigenvalue weighted by Crippen LogP contribution is -2.25. The molecule has 1 aromatic heterocycles. The topological polar surface area (TPSA) is 58.6 Å². The Hall–Kier alpha value is -2.84. The summed E-state index contributed by atoms with van der Waals surface area (Å²) in [6, 6.07) is 15.6. The molecule has 0 aliphatic heterocycles. The summed E-state index contributed by atoms with van der Waals surface area (Å²) >= 11 is 0.700. The number of rotatable bonds is 7. The van der Waals surface area contributed by atoms with Crippen LogP contribution in [0.1, 0.15) is 33.3 Å². The molecule has 2 aromatic carbocycles. The number of aliphatic carboxylic acids is 1.